The number of para-hydroxylation sites is 1. The molecule has 1 aliphatic rings. The molecule has 0 spiro atoms. The van der Waals surface area contributed by atoms with Gasteiger partial charge in [0.2, 0.25) is 0 Å². The number of fused-ring (bicyclic) bond motifs is 1. The summed E-state index contributed by atoms with van der Waals surface area (Å²) in [7, 11) is 0. The van der Waals surface area contributed by atoms with Crippen molar-refractivity contribution >= 4 is 28.4 Å². The lowest BCUT2D eigenvalue weighted by atomic mass is 10.0. The summed E-state index contributed by atoms with van der Waals surface area (Å²) in [5, 5.41) is 1.06. The number of carbonyl (C=O) groups excluding carboxylic acids is 1. The standard InChI is InChI=1S/C26H22ClFN2O3/c27-18-9-8-17(22(28)13-18)15-33-23-5-1-3-20(25(23)32-12-10-16-6-7-16)24(31)21-14-30-26-19(21)4-2-11-29-26/h1-5,8-9,11,13-14,16H,6-7,10,12,15H2,(H,29,30). The number of halogens is 2. The number of hydrogen-bond donors (Lipinski definition) is 1. The van der Waals surface area contributed by atoms with Gasteiger partial charge in [0.15, 0.2) is 17.3 Å². The first-order valence-electron chi connectivity index (χ1n) is 10.9. The maximum atomic E-state index is 14.2. The van der Waals surface area contributed by atoms with Crippen molar-refractivity contribution in [2.45, 2.75) is 25.9 Å². The Bertz CT molecular complexity index is 1320. The van der Waals surface area contributed by atoms with E-state index in [1.165, 1.54) is 18.9 Å². The van der Waals surface area contributed by atoms with Crippen molar-refractivity contribution in [2.75, 3.05) is 6.61 Å². The average Bonchev–Trinajstić information content (AvgIpc) is 3.54. The van der Waals surface area contributed by atoms with Crippen molar-refractivity contribution in [2.24, 2.45) is 5.92 Å². The third kappa shape index (κ3) is 4.71. The molecule has 2 aromatic heterocycles. The largest absolute Gasteiger partial charge is 0.489 e. The summed E-state index contributed by atoms with van der Waals surface area (Å²) in [6.07, 6.45) is 6.68. The molecule has 5 nitrogen and oxygen atoms in total. The fourth-order valence-corrected chi connectivity index (χ4v) is 3.93. The molecular weight excluding hydrogens is 443 g/mol. The highest BCUT2D eigenvalue weighted by Gasteiger charge is 2.24. The number of carbonyl (C=O) groups is 1. The van der Waals surface area contributed by atoms with E-state index in [0.29, 0.717) is 51.4 Å². The number of ketones is 1. The van der Waals surface area contributed by atoms with Gasteiger partial charge in [-0.1, -0.05) is 36.6 Å². The molecule has 0 amide bonds. The second-order valence-corrected chi connectivity index (χ2v) is 8.61. The topological polar surface area (TPSA) is 64.2 Å². The van der Waals surface area contributed by atoms with Crippen LogP contribution in [0.5, 0.6) is 11.5 Å². The number of rotatable bonds is 9. The molecule has 0 radical (unpaired) electrons. The first-order chi connectivity index (χ1) is 16.1. The first-order valence-corrected chi connectivity index (χ1v) is 11.3. The van der Waals surface area contributed by atoms with Crippen LogP contribution in [0.25, 0.3) is 11.0 Å². The summed E-state index contributed by atoms with van der Waals surface area (Å²) in [5.74, 6) is 0.802. The second kappa shape index (κ2) is 9.24. The summed E-state index contributed by atoms with van der Waals surface area (Å²) < 4.78 is 26.3. The van der Waals surface area contributed by atoms with Crippen molar-refractivity contribution in [3.8, 4) is 11.5 Å². The summed E-state index contributed by atoms with van der Waals surface area (Å²) in [4.78, 5) is 20.8. The molecule has 2 heterocycles. The van der Waals surface area contributed by atoms with Crippen molar-refractivity contribution in [3.05, 3.63) is 88.5 Å². The molecule has 7 heteroatoms. The summed E-state index contributed by atoms with van der Waals surface area (Å²) in [6, 6.07) is 13.3. The van der Waals surface area contributed by atoms with Crippen molar-refractivity contribution < 1.29 is 18.7 Å². The fourth-order valence-electron chi connectivity index (χ4n) is 3.77. The molecule has 1 saturated carbocycles. The SMILES string of the molecule is O=C(c1cccc(OCc2ccc(Cl)cc2F)c1OCCC1CC1)c1c[nH]c2ncccc12. The fraction of sp³-hybridized carbons (Fsp3) is 0.231. The Kier molecular flexibility index (Phi) is 6.01. The predicted molar refractivity (Wildman–Crippen MR) is 125 cm³/mol. The molecule has 0 unspecified atom stereocenters. The van der Waals surface area contributed by atoms with E-state index in [1.54, 1.807) is 48.8 Å². The van der Waals surface area contributed by atoms with E-state index in [2.05, 4.69) is 9.97 Å². The van der Waals surface area contributed by atoms with E-state index in [9.17, 15) is 9.18 Å². The number of benzene rings is 2. The molecule has 5 rings (SSSR count). The number of nitrogens with zero attached hydrogens (tertiary/aromatic N) is 1. The van der Waals surface area contributed by atoms with Crippen LogP contribution in [-0.4, -0.2) is 22.4 Å². The molecule has 33 heavy (non-hydrogen) atoms. The van der Waals surface area contributed by atoms with Crippen LogP contribution in [0.15, 0.2) is 60.9 Å². The third-order valence-electron chi connectivity index (χ3n) is 5.79. The molecule has 168 valence electrons. The minimum Gasteiger partial charge on any atom is -0.489 e. The van der Waals surface area contributed by atoms with Crippen LogP contribution in [0.1, 0.15) is 40.7 Å². The number of nitrogens with one attached hydrogen (secondary N) is 1. The van der Waals surface area contributed by atoms with Gasteiger partial charge in [0, 0.05) is 33.9 Å². The zero-order valence-electron chi connectivity index (χ0n) is 17.8. The Hall–Kier alpha value is -3.38. The molecule has 0 atom stereocenters. The molecule has 4 aromatic rings. The average molecular weight is 465 g/mol. The Balaban J connectivity index is 1.46. The van der Waals surface area contributed by atoms with E-state index in [-0.39, 0.29) is 12.4 Å². The highest BCUT2D eigenvalue weighted by Crippen LogP contribution is 2.37. The molecule has 1 aliphatic carbocycles. The lowest BCUT2D eigenvalue weighted by Gasteiger charge is -2.16. The van der Waals surface area contributed by atoms with Crippen LogP contribution in [0, 0.1) is 11.7 Å². The van der Waals surface area contributed by atoms with E-state index in [4.69, 9.17) is 21.1 Å². The molecule has 1 fully saturated rings. The molecule has 0 saturated heterocycles. The van der Waals surface area contributed by atoms with Crippen molar-refractivity contribution in [3.63, 3.8) is 0 Å². The van der Waals surface area contributed by atoms with E-state index in [0.717, 1.165) is 11.8 Å². The lowest BCUT2D eigenvalue weighted by Crippen LogP contribution is -2.09. The Morgan fingerprint density at radius 2 is 2.00 bits per heavy atom. The first kappa shape index (κ1) is 21.5. The number of pyridine rings is 1. The van der Waals surface area contributed by atoms with Gasteiger partial charge < -0.3 is 14.5 Å². The number of aromatic nitrogens is 2. The molecule has 2 aromatic carbocycles. The van der Waals surface area contributed by atoms with Gasteiger partial charge in [-0.3, -0.25) is 4.79 Å². The van der Waals surface area contributed by atoms with E-state index < -0.39 is 5.82 Å². The predicted octanol–water partition coefficient (Wildman–Crippen LogP) is 6.34. The Labute approximate surface area is 195 Å². The third-order valence-corrected chi connectivity index (χ3v) is 6.02. The van der Waals surface area contributed by atoms with Crippen molar-refractivity contribution in [1.29, 1.82) is 0 Å². The Morgan fingerprint density at radius 3 is 2.82 bits per heavy atom. The highest BCUT2D eigenvalue weighted by atomic mass is 35.5. The monoisotopic (exact) mass is 464 g/mol. The van der Waals surface area contributed by atoms with Gasteiger partial charge >= 0.3 is 0 Å². The maximum Gasteiger partial charge on any atom is 0.199 e. The zero-order chi connectivity index (χ0) is 22.8. The van der Waals surface area contributed by atoms with Crippen LogP contribution < -0.4 is 9.47 Å². The van der Waals surface area contributed by atoms with Gasteiger partial charge in [0.25, 0.3) is 0 Å². The van der Waals surface area contributed by atoms with E-state index in [1.807, 2.05) is 6.07 Å². The van der Waals surface area contributed by atoms with Gasteiger partial charge in [-0.25, -0.2) is 9.37 Å². The second-order valence-electron chi connectivity index (χ2n) is 8.17. The minimum atomic E-state index is -0.447. The number of H-pyrrole nitrogens is 1. The molecular formula is C26H22ClFN2O3. The summed E-state index contributed by atoms with van der Waals surface area (Å²) in [5.41, 5.74) is 1.90. The van der Waals surface area contributed by atoms with Gasteiger partial charge in [-0.15, -0.1) is 0 Å². The quantitative estimate of drug-likeness (QED) is 0.293. The maximum absolute atomic E-state index is 14.2. The smallest absolute Gasteiger partial charge is 0.199 e. The van der Waals surface area contributed by atoms with E-state index >= 15 is 0 Å². The van der Waals surface area contributed by atoms with Crippen LogP contribution in [0.3, 0.4) is 0 Å². The minimum absolute atomic E-state index is 0.0172. The van der Waals surface area contributed by atoms with Crippen molar-refractivity contribution in [1.82, 2.24) is 9.97 Å². The lowest BCUT2D eigenvalue weighted by molar-refractivity contribution is 0.103. The zero-order valence-corrected chi connectivity index (χ0v) is 18.6. The molecule has 0 bridgehead atoms. The highest BCUT2D eigenvalue weighted by molar-refractivity contribution is 6.30. The summed E-state index contributed by atoms with van der Waals surface area (Å²) in [6.45, 7) is 0.465. The van der Waals surface area contributed by atoms with Crippen LogP contribution in [-0.2, 0) is 6.61 Å². The molecule has 1 N–H and O–H groups in total. The number of ether oxygens (including phenoxy) is 2. The van der Waals surface area contributed by atoms with Crippen LogP contribution in [0.4, 0.5) is 4.39 Å². The number of aromatic amines is 1. The normalized spacial score (nSPS) is 13.3. The van der Waals surface area contributed by atoms with Gasteiger partial charge in [0.1, 0.15) is 18.1 Å². The van der Waals surface area contributed by atoms with Crippen LogP contribution >= 0.6 is 11.6 Å². The van der Waals surface area contributed by atoms with Crippen LogP contribution in [0.2, 0.25) is 5.02 Å². The van der Waals surface area contributed by atoms with Gasteiger partial charge in [-0.05, 0) is 48.7 Å². The van der Waals surface area contributed by atoms with Gasteiger partial charge in [-0.2, -0.15) is 0 Å². The number of hydrogen-bond acceptors (Lipinski definition) is 4. The Morgan fingerprint density at radius 1 is 1.12 bits per heavy atom. The molecule has 0 aliphatic heterocycles. The van der Waals surface area contributed by atoms with Gasteiger partial charge in [0.05, 0.1) is 12.2 Å². The summed E-state index contributed by atoms with van der Waals surface area (Å²) >= 11 is 5.85.